The Kier molecular flexibility index (Phi) is 6.93. The molecule has 0 bridgehead atoms. The number of phosphoric acid groups is 2. The summed E-state index contributed by atoms with van der Waals surface area (Å²) >= 11 is 0. The molecule has 114 valence electrons. The molecule has 11 nitrogen and oxygen atoms in total. The largest absolute Gasteiger partial charge is 0.481 e. The van der Waals surface area contributed by atoms with E-state index in [0.717, 1.165) is 6.92 Å². The van der Waals surface area contributed by atoms with Crippen LogP contribution in [0.2, 0.25) is 0 Å². The van der Waals surface area contributed by atoms with Crippen LogP contribution in [0.4, 0.5) is 0 Å². The van der Waals surface area contributed by atoms with E-state index in [4.69, 9.17) is 19.8 Å². The molecule has 0 spiro atoms. The molecule has 13 heteroatoms. The second-order valence-corrected chi connectivity index (χ2v) is 6.25. The highest BCUT2D eigenvalue weighted by Gasteiger charge is 2.39. The van der Waals surface area contributed by atoms with Crippen LogP contribution in [0, 0.1) is 0 Å². The number of aldehydes is 1. The van der Waals surface area contributed by atoms with Crippen LogP contribution in [-0.2, 0) is 22.8 Å². The first kappa shape index (κ1) is 18.8. The Morgan fingerprint density at radius 2 is 1.53 bits per heavy atom. The van der Waals surface area contributed by atoms with Crippen molar-refractivity contribution in [2.75, 3.05) is 0 Å². The maximum absolute atomic E-state index is 11.1. The SMILES string of the molecule is C[C@H](O)[C@@H](O)[C@@H](O)[C@@H](C=O)OP(=O)(O)OP(=O)(O)O. The lowest BCUT2D eigenvalue weighted by molar-refractivity contribution is -0.131. The lowest BCUT2D eigenvalue weighted by atomic mass is 10.1. The zero-order valence-corrected chi connectivity index (χ0v) is 11.3. The van der Waals surface area contributed by atoms with Crippen molar-refractivity contribution in [1.82, 2.24) is 0 Å². The Hall–Kier alpha value is -0.190. The Balaban J connectivity index is 4.86. The van der Waals surface area contributed by atoms with Crippen molar-refractivity contribution in [2.45, 2.75) is 31.3 Å². The Morgan fingerprint density at radius 3 is 1.84 bits per heavy atom. The van der Waals surface area contributed by atoms with Gasteiger partial charge in [-0.05, 0) is 6.92 Å². The maximum atomic E-state index is 11.1. The fourth-order valence-corrected chi connectivity index (χ4v) is 2.67. The van der Waals surface area contributed by atoms with Gasteiger partial charge in [0.15, 0.2) is 12.4 Å². The van der Waals surface area contributed by atoms with Crippen molar-refractivity contribution < 1.29 is 52.8 Å². The number of phosphoric ester groups is 1. The zero-order chi connectivity index (χ0) is 15.4. The van der Waals surface area contributed by atoms with Gasteiger partial charge in [0.2, 0.25) is 0 Å². The third-order valence-electron chi connectivity index (χ3n) is 1.78. The van der Waals surface area contributed by atoms with E-state index in [1.807, 2.05) is 0 Å². The van der Waals surface area contributed by atoms with E-state index in [1.54, 1.807) is 0 Å². The van der Waals surface area contributed by atoms with Crippen molar-refractivity contribution >= 4 is 21.9 Å². The second-order valence-electron chi connectivity index (χ2n) is 3.47. The molecule has 5 atom stereocenters. The standard InChI is InChI=1S/C6H14O11P2/c1-3(8)5(9)6(10)4(2-7)16-19(14,15)17-18(11,12)13/h2-6,8-10H,1H3,(H,14,15)(H2,11,12,13)/t3-,4+,5+,6-/m0/s1. The molecular weight excluding hydrogens is 310 g/mol. The van der Waals surface area contributed by atoms with E-state index in [0.29, 0.717) is 0 Å². The van der Waals surface area contributed by atoms with Gasteiger partial charge in [-0.2, -0.15) is 4.31 Å². The first-order valence-corrected chi connectivity index (χ1v) is 7.70. The van der Waals surface area contributed by atoms with Gasteiger partial charge in [0.05, 0.1) is 6.10 Å². The summed E-state index contributed by atoms with van der Waals surface area (Å²) in [6, 6.07) is 0. The van der Waals surface area contributed by atoms with E-state index in [9.17, 15) is 24.1 Å². The fourth-order valence-electron chi connectivity index (χ4n) is 0.955. The quantitative estimate of drug-likeness (QED) is 0.211. The number of rotatable bonds is 8. The first-order chi connectivity index (χ1) is 8.39. The summed E-state index contributed by atoms with van der Waals surface area (Å²) in [5.41, 5.74) is 0. The van der Waals surface area contributed by atoms with Crippen molar-refractivity contribution in [3.05, 3.63) is 0 Å². The summed E-state index contributed by atoms with van der Waals surface area (Å²) < 4.78 is 28.8. The van der Waals surface area contributed by atoms with Crippen LogP contribution < -0.4 is 0 Å². The lowest BCUT2D eigenvalue weighted by Gasteiger charge is -2.25. The minimum atomic E-state index is -5.37. The topological polar surface area (TPSA) is 191 Å². The van der Waals surface area contributed by atoms with Crippen molar-refractivity contribution in [1.29, 1.82) is 0 Å². The predicted octanol–water partition coefficient (Wildman–Crippen LogP) is -2.12. The molecule has 0 saturated carbocycles. The Labute approximate surface area is 107 Å². The van der Waals surface area contributed by atoms with Crippen LogP contribution in [0.25, 0.3) is 0 Å². The molecular formula is C6H14O11P2. The highest BCUT2D eigenvalue weighted by Crippen LogP contribution is 2.58. The van der Waals surface area contributed by atoms with Crippen molar-refractivity contribution in [3.8, 4) is 0 Å². The minimum Gasteiger partial charge on any atom is -0.391 e. The molecule has 0 heterocycles. The summed E-state index contributed by atoms with van der Waals surface area (Å²) in [7, 11) is -10.7. The molecule has 1 unspecified atom stereocenters. The van der Waals surface area contributed by atoms with Crippen LogP contribution in [0.15, 0.2) is 0 Å². The molecule has 0 aromatic heterocycles. The molecule has 0 aromatic rings. The average molecular weight is 324 g/mol. The van der Waals surface area contributed by atoms with Crippen LogP contribution in [-0.4, -0.2) is 60.7 Å². The summed E-state index contributed by atoms with van der Waals surface area (Å²) in [4.78, 5) is 36.1. The molecule has 0 amide bonds. The van der Waals surface area contributed by atoms with Crippen LogP contribution in [0.5, 0.6) is 0 Å². The molecule has 0 saturated heterocycles. The van der Waals surface area contributed by atoms with Gasteiger partial charge in [0.1, 0.15) is 12.2 Å². The van der Waals surface area contributed by atoms with E-state index in [1.165, 1.54) is 0 Å². The molecule has 0 aromatic carbocycles. The number of aliphatic hydroxyl groups is 3. The van der Waals surface area contributed by atoms with Gasteiger partial charge in [-0.3, -0.25) is 4.52 Å². The Morgan fingerprint density at radius 1 is 1.05 bits per heavy atom. The van der Waals surface area contributed by atoms with Gasteiger partial charge in [-0.25, -0.2) is 9.13 Å². The van der Waals surface area contributed by atoms with E-state index in [2.05, 4.69) is 8.83 Å². The van der Waals surface area contributed by atoms with Crippen molar-refractivity contribution in [3.63, 3.8) is 0 Å². The summed E-state index contributed by atoms with van der Waals surface area (Å²) in [5, 5.41) is 27.5. The van der Waals surface area contributed by atoms with Crippen LogP contribution in [0.1, 0.15) is 6.92 Å². The number of carbonyl (C=O) groups excluding carboxylic acids is 1. The van der Waals surface area contributed by atoms with Crippen LogP contribution >= 0.6 is 15.6 Å². The monoisotopic (exact) mass is 324 g/mol. The Bertz CT molecular complexity index is 389. The summed E-state index contributed by atoms with van der Waals surface area (Å²) in [6.07, 6.45) is -7.86. The highest BCUT2D eigenvalue weighted by molar-refractivity contribution is 7.60. The molecule has 0 radical (unpaired) electrons. The maximum Gasteiger partial charge on any atom is 0.481 e. The third-order valence-corrected chi connectivity index (χ3v) is 3.97. The third kappa shape index (κ3) is 7.23. The number of hydrogen-bond acceptors (Lipinski definition) is 8. The lowest BCUT2D eigenvalue weighted by Crippen LogP contribution is -2.44. The van der Waals surface area contributed by atoms with Gasteiger partial charge in [0.25, 0.3) is 0 Å². The molecule has 0 rings (SSSR count). The molecule has 6 N–H and O–H groups in total. The molecule has 0 fully saturated rings. The van der Waals surface area contributed by atoms with E-state index < -0.39 is 40.1 Å². The zero-order valence-electron chi connectivity index (χ0n) is 9.51. The minimum absolute atomic E-state index is 0.206. The molecule has 0 aliphatic carbocycles. The number of aliphatic hydroxyl groups excluding tert-OH is 3. The van der Waals surface area contributed by atoms with Crippen molar-refractivity contribution in [2.24, 2.45) is 0 Å². The van der Waals surface area contributed by atoms with Gasteiger partial charge in [0, 0.05) is 0 Å². The first-order valence-electron chi connectivity index (χ1n) is 4.67. The number of hydrogen-bond donors (Lipinski definition) is 6. The number of carbonyl (C=O) groups is 1. The van der Waals surface area contributed by atoms with Gasteiger partial charge >= 0.3 is 15.6 Å². The van der Waals surface area contributed by atoms with E-state index in [-0.39, 0.29) is 6.29 Å². The van der Waals surface area contributed by atoms with Gasteiger partial charge < -0.3 is 34.8 Å². The molecule has 0 aliphatic heterocycles. The molecule has 19 heavy (non-hydrogen) atoms. The summed E-state index contributed by atoms with van der Waals surface area (Å²) in [6.45, 7) is 1.06. The smallest absolute Gasteiger partial charge is 0.391 e. The molecule has 0 aliphatic rings. The van der Waals surface area contributed by atoms with Gasteiger partial charge in [-0.15, -0.1) is 0 Å². The van der Waals surface area contributed by atoms with Gasteiger partial charge in [-0.1, -0.05) is 0 Å². The highest BCUT2D eigenvalue weighted by atomic mass is 31.3. The predicted molar refractivity (Wildman–Crippen MR) is 57.6 cm³/mol. The summed E-state index contributed by atoms with van der Waals surface area (Å²) in [5.74, 6) is 0. The fraction of sp³-hybridized carbons (Fsp3) is 0.833. The van der Waals surface area contributed by atoms with Crippen LogP contribution in [0.3, 0.4) is 0 Å². The average Bonchev–Trinajstić information content (AvgIpc) is 2.20. The normalized spacial score (nSPS) is 22.1. The van der Waals surface area contributed by atoms with E-state index >= 15 is 0 Å². The second kappa shape index (κ2) is 7.00.